The van der Waals surface area contributed by atoms with Gasteiger partial charge in [0.15, 0.2) is 0 Å². The van der Waals surface area contributed by atoms with E-state index in [9.17, 15) is 4.39 Å². The standard InChI is InChI=1S/C17H20FN/c1-11-7-12(2)9-16(8-11)19-14(4)15-6-5-13(3)17(18)10-15/h5-10,14,19H,1-4H3. The molecule has 0 spiro atoms. The van der Waals surface area contributed by atoms with Crippen molar-refractivity contribution in [2.75, 3.05) is 5.32 Å². The molecule has 0 fully saturated rings. The highest BCUT2D eigenvalue weighted by Gasteiger charge is 2.08. The fourth-order valence-electron chi connectivity index (χ4n) is 2.27. The lowest BCUT2D eigenvalue weighted by molar-refractivity contribution is 0.614. The maximum Gasteiger partial charge on any atom is 0.126 e. The summed E-state index contributed by atoms with van der Waals surface area (Å²) in [5, 5.41) is 3.42. The fourth-order valence-corrected chi connectivity index (χ4v) is 2.27. The Labute approximate surface area is 114 Å². The summed E-state index contributed by atoms with van der Waals surface area (Å²) in [6.07, 6.45) is 0. The average Bonchev–Trinajstić information content (AvgIpc) is 2.31. The Kier molecular flexibility index (Phi) is 3.89. The molecule has 19 heavy (non-hydrogen) atoms. The lowest BCUT2D eigenvalue weighted by Crippen LogP contribution is -2.07. The van der Waals surface area contributed by atoms with Gasteiger partial charge in [-0.3, -0.25) is 0 Å². The summed E-state index contributed by atoms with van der Waals surface area (Å²) in [5.41, 5.74) is 5.17. The van der Waals surface area contributed by atoms with Gasteiger partial charge in [0.2, 0.25) is 0 Å². The van der Waals surface area contributed by atoms with Crippen LogP contribution in [0.15, 0.2) is 36.4 Å². The third-order valence-electron chi connectivity index (χ3n) is 3.30. The number of hydrogen-bond donors (Lipinski definition) is 1. The number of nitrogens with one attached hydrogen (secondary N) is 1. The van der Waals surface area contributed by atoms with Gasteiger partial charge >= 0.3 is 0 Å². The van der Waals surface area contributed by atoms with E-state index in [1.807, 2.05) is 19.1 Å². The minimum absolute atomic E-state index is 0.0799. The van der Waals surface area contributed by atoms with Crippen molar-refractivity contribution in [1.29, 1.82) is 0 Å². The first-order valence-electron chi connectivity index (χ1n) is 6.56. The maximum atomic E-state index is 13.6. The monoisotopic (exact) mass is 257 g/mol. The van der Waals surface area contributed by atoms with Gasteiger partial charge in [0.25, 0.3) is 0 Å². The van der Waals surface area contributed by atoms with E-state index in [1.54, 1.807) is 13.0 Å². The second-order valence-electron chi connectivity index (χ2n) is 5.25. The van der Waals surface area contributed by atoms with Crippen LogP contribution in [-0.2, 0) is 0 Å². The van der Waals surface area contributed by atoms with Crippen LogP contribution in [0.3, 0.4) is 0 Å². The number of halogens is 1. The first kappa shape index (κ1) is 13.6. The van der Waals surface area contributed by atoms with Crippen molar-refractivity contribution >= 4 is 5.69 Å². The van der Waals surface area contributed by atoms with Gasteiger partial charge in [0.05, 0.1) is 0 Å². The molecule has 1 N–H and O–H groups in total. The zero-order valence-corrected chi connectivity index (χ0v) is 11.9. The Morgan fingerprint density at radius 2 is 1.58 bits per heavy atom. The van der Waals surface area contributed by atoms with Gasteiger partial charge in [-0.2, -0.15) is 0 Å². The van der Waals surface area contributed by atoms with Gasteiger partial charge in [0.1, 0.15) is 5.82 Å². The first-order valence-corrected chi connectivity index (χ1v) is 6.56. The molecule has 0 aliphatic heterocycles. The van der Waals surface area contributed by atoms with E-state index in [-0.39, 0.29) is 11.9 Å². The summed E-state index contributed by atoms with van der Waals surface area (Å²) in [5.74, 6) is -0.147. The van der Waals surface area contributed by atoms with Crippen LogP contribution in [0.5, 0.6) is 0 Å². The highest BCUT2D eigenvalue weighted by molar-refractivity contribution is 5.50. The SMILES string of the molecule is Cc1cc(C)cc(NC(C)c2ccc(C)c(F)c2)c1. The number of aryl methyl sites for hydroxylation is 3. The molecule has 1 nitrogen and oxygen atoms in total. The van der Waals surface area contributed by atoms with Crippen molar-refractivity contribution in [2.24, 2.45) is 0 Å². The van der Waals surface area contributed by atoms with Crippen molar-refractivity contribution < 1.29 is 4.39 Å². The number of rotatable bonds is 3. The molecular weight excluding hydrogens is 237 g/mol. The molecule has 0 amide bonds. The topological polar surface area (TPSA) is 12.0 Å². The first-order chi connectivity index (χ1) is 8.95. The molecule has 0 bridgehead atoms. The van der Waals surface area contributed by atoms with Crippen molar-refractivity contribution in [3.63, 3.8) is 0 Å². The van der Waals surface area contributed by atoms with Crippen molar-refractivity contribution in [3.8, 4) is 0 Å². The van der Waals surface area contributed by atoms with Crippen molar-refractivity contribution in [1.82, 2.24) is 0 Å². The molecule has 2 aromatic carbocycles. The van der Waals surface area contributed by atoms with E-state index in [2.05, 4.69) is 37.4 Å². The molecule has 0 saturated carbocycles. The van der Waals surface area contributed by atoms with E-state index >= 15 is 0 Å². The fraction of sp³-hybridized carbons (Fsp3) is 0.294. The van der Waals surface area contributed by atoms with Crippen molar-refractivity contribution in [3.05, 3.63) is 64.5 Å². The Morgan fingerprint density at radius 1 is 0.947 bits per heavy atom. The average molecular weight is 257 g/mol. The Balaban J connectivity index is 2.20. The Morgan fingerprint density at radius 3 is 2.16 bits per heavy atom. The van der Waals surface area contributed by atoms with Gasteiger partial charge in [0, 0.05) is 11.7 Å². The lowest BCUT2D eigenvalue weighted by Gasteiger charge is -2.17. The summed E-state index contributed by atoms with van der Waals surface area (Å²) in [4.78, 5) is 0. The quantitative estimate of drug-likeness (QED) is 0.822. The summed E-state index contributed by atoms with van der Waals surface area (Å²) < 4.78 is 13.6. The number of hydrogen-bond acceptors (Lipinski definition) is 1. The molecule has 2 aromatic rings. The third-order valence-corrected chi connectivity index (χ3v) is 3.30. The minimum Gasteiger partial charge on any atom is -0.379 e. The predicted octanol–water partition coefficient (Wildman–Crippen LogP) is 4.92. The summed E-state index contributed by atoms with van der Waals surface area (Å²) >= 11 is 0. The third kappa shape index (κ3) is 3.34. The summed E-state index contributed by atoms with van der Waals surface area (Å²) in [6, 6.07) is 11.8. The van der Waals surface area contributed by atoms with Crippen LogP contribution in [0.1, 0.15) is 35.2 Å². The second kappa shape index (κ2) is 5.43. The molecule has 1 unspecified atom stereocenters. The molecule has 0 aliphatic rings. The molecular formula is C17H20FN. The van der Waals surface area contributed by atoms with E-state index in [1.165, 1.54) is 11.1 Å². The van der Waals surface area contributed by atoms with Crippen LogP contribution >= 0.6 is 0 Å². The lowest BCUT2D eigenvalue weighted by atomic mass is 10.0. The molecule has 2 heteroatoms. The van der Waals surface area contributed by atoms with Crippen LogP contribution in [0.25, 0.3) is 0 Å². The molecule has 100 valence electrons. The summed E-state index contributed by atoms with van der Waals surface area (Å²) in [6.45, 7) is 7.98. The summed E-state index contributed by atoms with van der Waals surface area (Å²) in [7, 11) is 0. The highest BCUT2D eigenvalue weighted by Crippen LogP contribution is 2.22. The zero-order chi connectivity index (χ0) is 14.0. The van der Waals surface area contributed by atoms with Gasteiger partial charge in [-0.1, -0.05) is 18.2 Å². The Hall–Kier alpha value is -1.83. The van der Waals surface area contributed by atoms with Crippen molar-refractivity contribution in [2.45, 2.75) is 33.7 Å². The molecule has 0 aliphatic carbocycles. The van der Waals surface area contributed by atoms with Gasteiger partial charge in [-0.25, -0.2) is 4.39 Å². The van der Waals surface area contributed by atoms with Crippen LogP contribution in [0.2, 0.25) is 0 Å². The molecule has 1 atom stereocenters. The number of benzene rings is 2. The molecule has 0 radical (unpaired) electrons. The van der Waals surface area contributed by atoms with E-state index < -0.39 is 0 Å². The maximum absolute atomic E-state index is 13.6. The van der Waals surface area contributed by atoms with E-state index in [0.29, 0.717) is 5.56 Å². The predicted molar refractivity (Wildman–Crippen MR) is 79.1 cm³/mol. The molecule has 2 rings (SSSR count). The zero-order valence-electron chi connectivity index (χ0n) is 11.9. The van der Waals surface area contributed by atoms with Crippen LogP contribution in [-0.4, -0.2) is 0 Å². The molecule has 0 saturated heterocycles. The largest absolute Gasteiger partial charge is 0.379 e. The number of anilines is 1. The van der Waals surface area contributed by atoms with Crippen LogP contribution in [0.4, 0.5) is 10.1 Å². The second-order valence-corrected chi connectivity index (χ2v) is 5.25. The normalized spacial score (nSPS) is 12.3. The molecule has 0 aromatic heterocycles. The van der Waals surface area contributed by atoms with E-state index in [4.69, 9.17) is 0 Å². The minimum atomic E-state index is -0.147. The van der Waals surface area contributed by atoms with Gasteiger partial charge in [-0.05, 0) is 68.1 Å². The van der Waals surface area contributed by atoms with Crippen LogP contribution < -0.4 is 5.32 Å². The van der Waals surface area contributed by atoms with E-state index in [0.717, 1.165) is 11.3 Å². The smallest absolute Gasteiger partial charge is 0.126 e. The Bertz CT molecular complexity index is 570. The van der Waals surface area contributed by atoms with Gasteiger partial charge < -0.3 is 5.32 Å². The van der Waals surface area contributed by atoms with Gasteiger partial charge in [-0.15, -0.1) is 0 Å². The van der Waals surface area contributed by atoms with Crippen LogP contribution in [0, 0.1) is 26.6 Å². The highest BCUT2D eigenvalue weighted by atomic mass is 19.1. The molecule has 0 heterocycles.